The lowest BCUT2D eigenvalue weighted by Gasteiger charge is -2.36. The van der Waals surface area contributed by atoms with Crippen molar-refractivity contribution < 1.29 is 14.1 Å². The number of fused-ring (bicyclic) bond motifs is 1. The fourth-order valence-electron chi connectivity index (χ4n) is 3.35. The van der Waals surface area contributed by atoms with Gasteiger partial charge in [0.25, 0.3) is 5.91 Å². The molecule has 1 aliphatic rings. The van der Waals surface area contributed by atoms with Crippen LogP contribution in [0.5, 0.6) is 5.75 Å². The van der Waals surface area contributed by atoms with E-state index in [0.29, 0.717) is 30.6 Å². The van der Waals surface area contributed by atoms with Crippen LogP contribution in [0.1, 0.15) is 11.8 Å². The van der Waals surface area contributed by atoms with E-state index in [9.17, 15) is 4.79 Å². The molecule has 1 amide bonds. The van der Waals surface area contributed by atoms with Crippen LogP contribution in [0.3, 0.4) is 0 Å². The summed E-state index contributed by atoms with van der Waals surface area (Å²) in [4.78, 5) is 22.6. The molecule has 7 heteroatoms. The second kappa shape index (κ2) is 7.35. The van der Waals surface area contributed by atoms with E-state index >= 15 is 0 Å². The molecule has 0 saturated carbocycles. The van der Waals surface area contributed by atoms with Crippen molar-refractivity contribution in [3.8, 4) is 17.1 Å². The summed E-state index contributed by atoms with van der Waals surface area (Å²) in [6.45, 7) is 1.11. The quantitative estimate of drug-likeness (QED) is 0.524. The number of ether oxygens (including phenoxy) is 1. The first-order chi connectivity index (χ1) is 14.3. The number of pyridine rings is 1. The van der Waals surface area contributed by atoms with Gasteiger partial charge in [-0.15, -0.1) is 0 Å². The van der Waals surface area contributed by atoms with Gasteiger partial charge < -0.3 is 14.2 Å². The Morgan fingerprint density at radius 3 is 2.79 bits per heavy atom. The Morgan fingerprint density at radius 2 is 1.97 bits per heavy atom. The standard InChI is InChI=1S/C22H18N4O3/c27-20(14-28-19-8-7-15-4-1-2-5-16(15)10-19)26-12-18(13-26)22-24-21(25-29-22)17-6-3-9-23-11-17/h1-11,18H,12-14H2. The Balaban J connectivity index is 1.16. The third kappa shape index (κ3) is 3.54. The zero-order valence-electron chi connectivity index (χ0n) is 15.6. The van der Waals surface area contributed by atoms with Crippen LogP contribution in [0.2, 0.25) is 0 Å². The molecule has 0 N–H and O–H groups in total. The van der Waals surface area contributed by atoms with Gasteiger partial charge in [0.05, 0.1) is 5.92 Å². The number of carbonyl (C=O) groups excluding carboxylic acids is 1. The van der Waals surface area contributed by atoms with Crippen molar-refractivity contribution in [1.29, 1.82) is 0 Å². The number of amides is 1. The summed E-state index contributed by atoms with van der Waals surface area (Å²) < 4.78 is 11.0. The maximum absolute atomic E-state index is 12.4. The van der Waals surface area contributed by atoms with Gasteiger partial charge in [0, 0.05) is 31.0 Å². The van der Waals surface area contributed by atoms with Crippen molar-refractivity contribution in [1.82, 2.24) is 20.0 Å². The highest BCUT2D eigenvalue weighted by atomic mass is 16.5. The van der Waals surface area contributed by atoms with Gasteiger partial charge in [0.2, 0.25) is 11.7 Å². The Bertz CT molecular complexity index is 1150. The van der Waals surface area contributed by atoms with Crippen molar-refractivity contribution >= 4 is 16.7 Å². The molecule has 144 valence electrons. The molecule has 0 radical (unpaired) electrons. The fraction of sp³-hybridized carbons (Fsp3) is 0.182. The molecule has 29 heavy (non-hydrogen) atoms. The molecular formula is C22H18N4O3. The lowest BCUT2D eigenvalue weighted by atomic mass is 10.0. The summed E-state index contributed by atoms with van der Waals surface area (Å²) in [5, 5.41) is 6.23. The van der Waals surface area contributed by atoms with Gasteiger partial charge in [-0.3, -0.25) is 9.78 Å². The fourth-order valence-corrected chi connectivity index (χ4v) is 3.35. The van der Waals surface area contributed by atoms with Gasteiger partial charge >= 0.3 is 0 Å². The molecule has 1 saturated heterocycles. The molecule has 0 bridgehead atoms. The van der Waals surface area contributed by atoms with Crippen molar-refractivity contribution in [2.24, 2.45) is 0 Å². The highest BCUT2D eigenvalue weighted by Gasteiger charge is 2.35. The topological polar surface area (TPSA) is 81.4 Å². The van der Waals surface area contributed by atoms with E-state index in [-0.39, 0.29) is 18.4 Å². The van der Waals surface area contributed by atoms with Crippen LogP contribution in [0, 0.1) is 0 Å². The third-order valence-corrected chi connectivity index (χ3v) is 5.03. The molecule has 1 aliphatic heterocycles. The third-order valence-electron chi connectivity index (χ3n) is 5.03. The van der Waals surface area contributed by atoms with Gasteiger partial charge in [0.1, 0.15) is 5.75 Å². The maximum atomic E-state index is 12.4. The first-order valence-electron chi connectivity index (χ1n) is 9.40. The molecule has 1 fully saturated rings. The van der Waals surface area contributed by atoms with E-state index in [2.05, 4.69) is 15.1 Å². The molecule has 0 aliphatic carbocycles. The van der Waals surface area contributed by atoms with Crippen molar-refractivity contribution in [2.45, 2.75) is 5.92 Å². The van der Waals surface area contributed by atoms with Gasteiger partial charge in [-0.1, -0.05) is 35.5 Å². The highest BCUT2D eigenvalue weighted by Crippen LogP contribution is 2.28. The largest absolute Gasteiger partial charge is 0.484 e. The molecule has 2 aromatic carbocycles. The van der Waals surface area contributed by atoms with E-state index in [4.69, 9.17) is 9.26 Å². The average molecular weight is 386 g/mol. The number of benzene rings is 2. The number of hydrogen-bond donors (Lipinski definition) is 0. The molecule has 0 unspecified atom stereocenters. The van der Waals surface area contributed by atoms with Crippen LogP contribution >= 0.6 is 0 Å². The van der Waals surface area contributed by atoms with Crippen LogP contribution in [-0.4, -0.2) is 45.6 Å². The van der Waals surface area contributed by atoms with E-state index < -0.39 is 0 Å². The normalized spacial score (nSPS) is 14.0. The minimum atomic E-state index is -0.0543. The molecule has 3 heterocycles. The summed E-state index contributed by atoms with van der Waals surface area (Å²) in [5.41, 5.74) is 0.804. The van der Waals surface area contributed by atoms with E-state index in [1.54, 1.807) is 17.3 Å². The minimum absolute atomic E-state index is 0.00975. The van der Waals surface area contributed by atoms with Crippen LogP contribution in [0.25, 0.3) is 22.2 Å². The maximum Gasteiger partial charge on any atom is 0.260 e. The Labute approximate surface area is 166 Å². The highest BCUT2D eigenvalue weighted by molar-refractivity contribution is 5.84. The summed E-state index contributed by atoms with van der Waals surface area (Å²) in [6, 6.07) is 17.6. The Morgan fingerprint density at radius 1 is 1.10 bits per heavy atom. The number of carbonyl (C=O) groups is 1. The number of hydrogen-bond acceptors (Lipinski definition) is 6. The summed E-state index contributed by atoms with van der Waals surface area (Å²) in [6.07, 6.45) is 3.38. The second-order valence-electron chi connectivity index (χ2n) is 6.99. The van der Waals surface area contributed by atoms with E-state index in [1.165, 1.54) is 0 Å². The zero-order valence-corrected chi connectivity index (χ0v) is 15.6. The molecule has 5 rings (SSSR count). The first-order valence-corrected chi connectivity index (χ1v) is 9.40. The van der Waals surface area contributed by atoms with Gasteiger partial charge in [-0.25, -0.2) is 0 Å². The van der Waals surface area contributed by atoms with Gasteiger partial charge in [-0.2, -0.15) is 4.98 Å². The molecule has 2 aromatic heterocycles. The molecule has 4 aromatic rings. The summed E-state index contributed by atoms with van der Waals surface area (Å²) >= 11 is 0. The molecule has 0 atom stereocenters. The zero-order chi connectivity index (χ0) is 19.6. The minimum Gasteiger partial charge on any atom is -0.484 e. The smallest absolute Gasteiger partial charge is 0.260 e. The predicted octanol–water partition coefficient (Wildman–Crippen LogP) is 3.29. The molecule has 7 nitrogen and oxygen atoms in total. The second-order valence-corrected chi connectivity index (χ2v) is 6.99. The van der Waals surface area contributed by atoms with Crippen molar-refractivity contribution in [3.63, 3.8) is 0 Å². The number of rotatable bonds is 5. The van der Waals surface area contributed by atoms with Crippen LogP contribution in [-0.2, 0) is 4.79 Å². The monoisotopic (exact) mass is 386 g/mol. The first kappa shape index (κ1) is 17.4. The SMILES string of the molecule is O=C(COc1ccc2ccccc2c1)N1CC(c2nc(-c3cccnc3)no2)C1. The predicted molar refractivity (Wildman–Crippen MR) is 106 cm³/mol. The van der Waals surface area contributed by atoms with Crippen molar-refractivity contribution in [2.75, 3.05) is 19.7 Å². The number of nitrogens with zero attached hydrogens (tertiary/aromatic N) is 4. The lowest BCUT2D eigenvalue weighted by molar-refractivity contribution is -0.138. The molecule has 0 spiro atoms. The Hall–Kier alpha value is -3.74. The average Bonchev–Trinajstić information content (AvgIpc) is 3.21. The lowest BCUT2D eigenvalue weighted by Crippen LogP contribution is -2.50. The number of aromatic nitrogens is 3. The number of likely N-dealkylation sites (tertiary alicyclic amines) is 1. The molecular weight excluding hydrogens is 368 g/mol. The van der Waals surface area contributed by atoms with E-state index in [1.807, 2.05) is 54.6 Å². The van der Waals surface area contributed by atoms with Crippen LogP contribution in [0.15, 0.2) is 71.5 Å². The summed E-state index contributed by atoms with van der Waals surface area (Å²) in [5.74, 6) is 1.74. The Kier molecular flexibility index (Phi) is 4.40. The van der Waals surface area contributed by atoms with Crippen LogP contribution in [0.4, 0.5) is 0 Å². The van der Waals surface area contributed by atoms with E-state index in [0.717, 1.165) is 16.3 Å². The van der Waals surface area contributed by atoms with Crippen molar-refractivity contribution in [3.05, 3.63) is 72.9 Å². The van der Waals surface area contributed by atoms with Gasteiger partial charge in [0.15, 0.2) is 6.61 Å². The summed E-state index contributed by atoms with van der Waals surface area (Å²) in [7, 11) is 0. The van der Waals surface area contributed by atoms with Gasteiger partial charge in [-0.05, 0) is 35.0 Å². The van der Waals surface area contributed by atoms with Crippen LogP contribution < -0.4 is 4.74 Å².